The van der Waals surface area contributed by atoms with Gasteiger partial charge in [-0.2, -0.15) is 0 Å². The largest absolute Gasteiger partial charge is 0.444 e. The van der Waals surface area contributed by atoms with E-state index in [0.717, 1.165) is 12.8 Å². The van der Waals surface area contributed by atoms with Crippen molar-refractivity contribution in [1.29, 1.82) is 0 Å². The summed E-state index contributed by atoms with van der Waals surface area (Å²) in [5, 5.41) is 0. The van der Waals surface area contributed by atoms with Gasteiger partial charge in [-0.05, 0) is 32.3 Å². The minimum atomic E-state index is -0.535. The lowest BCUT2D eigenvalue weighted by Crippen LogP contribution is -2.45. The van der Waals surface area contributed by atoms with E-state index >= 15 is 0 Å². The molecule has 0 saturated carbocycles. The molecule has 24 heavy (non-hydrogen) atoms. The fourth-order valence-electron chi connectivity index (χ4n) is 2.99. The van der Waals surface area contributed by atoms with Crippen LogP contribution in [0.2, 0.25) is 0 Å². The number of carbonyl (C=O) groups excluding carboxylic acids is 2. The molecule has 1 aromatic carbocycles. The van der Waals surface area contributed by atoms with Crippen molar-refractivity contribution in [3.05, 3.63) is 35.9 Å². The maximum Gasteiger partial charge on any atom is 0.410 e. The molecule has 0 aliphatic carbocycles. The van der Waals surface area contributed by atoms with Crippen LogP contribution in [-0.4, -0.2) is 53.5 Å². The molecule has 1 aromatic rings. The molecule has 1 heterocycles. The smallest absolute Gasteiger partial charge is 0.410 e. The number of nitrogens with zero attached hydrogens (tertiary/aromatic N) is 2. The molecule has 1 aliphatic rings. The number of ether oxygens (including phenoxy) is 1. The van der Waals surface area contributed by atoms with Gasteiger partial charge in [0.05, 0.1) is 6.04 Å². The number of amides is 1. The van der Waals surface area contributed by atoms with Gasteiger partial charge < -0.3 is 14.4 Å². The number of carbonyl (C=O) groups is 2. The summed E-state index contributed by atoms with van der Waals surface area (Å²) >= 11 is 0. The molecule has 2 rings (SSSR count). The summed E-state index contributed by atoms with van der Waals surface area (Å²) in [5.74, 6) is 0.270. The van der Waals surface area contributed by atoms with Gasteiger partial charge in [-0.15, -0.1) is 0 Å². The van der Waals surface area contributed by atoms with Crippen molar-refractivity contribution in [2.45, 2.75) is 45.9 Å². The van der Waals surface area contributed by atoms with E-state index in [4.69, 9.17) is 4.74 Å². The Labute approximate surface area is 144 Å². The van der Waals surface area contributed by atoms with Gasteiger partial charge in [0.1, 0.15) is 11.9 Å². The van der Waals surface area contributed by atoms with Crippen LogP contribution in [0.15, 0.2) is 30.3 Å². The number of benzene rings is 1. The number of rotatable bonds is 3. The van der Waals surface area contributed by atoms with Crippen molar-refractivity contribution in [2.75, 3.05) is 19.6 Å². The van der Waals surface area contributed by atoms with Gasteiger partial charge in [0.2, 0.25) is 0 Å². The lowest BCUT2D eigenvalue weighted by molar-refractivity contribution is -0.112. The zero-order chi connectivity index (χ0) is 17.7. The lowest BCUT2D eigenvalue weighted by Gasteiger charge is -2.29. The molecule has 2 unspecified atom stereocenters. The Balaban J connectivity index is 2.11. The third-order valence-electron chi connectivity index (χ3n) is 3.99. The highest BCUT2D eigenvalue weighted by Gasteiger charge is 2.32. The summed E-state index contributed by atoms with van der Waals surface area (Å²) in [7, 11) is 0. The SMILES string of the molecule is CC1CN(C(=O)OC(C)(C)C)CC(C=O)N(Cc2ccccc2)C1. The van der Waals surface area contributed by atoms with E-state index in [0.29, 0.717) is 19.6 Å². The first-order valence-electron chi connectivity index (χ1n) is 8.49. The summed E-state index contributed by atoms with van der Waals surface area (Å²) < 4.78 is 5.48. The highest BCUT2D eigenvalue weighted by Crippen LogP contribution is 2.19. The minimum Gasteiger partial charge on any atom is -0.444 e. The topological polar surface area (TPSA) is 49.9 Å². The van der Waals surface area contributed by atoms with Crippen LogP contribution in [-0.2, 0) is 16.1 Å². The normalized spacial score (nSPS) is 22.8. The van der Waals surface area contributed by atoms with Crippen molar-refractivity contribution in [1.82, 2.24) is 9.80 Å². The molecule has 132 valence electrons. The first kappa shape index (κ1) is 18.5. The highest BCUT2D eigenvalue weighted by atomic mass is 16.6. The molecule has 1 saturated heterocycles. The summed E-state index contributed by atoms with van der Waals surface area (Å²) in [6, 6.07) is 9.78. The minimum absolute atomic E-state index is 0.270. The monoisotopic (exact) mass is 332 g/mol. The van der Waals surface area contributed by atoms with E-state index in [1.54, 1.807) is 4.90 Å². The van der Waals surface area contributed by atoms with E-state index in [1.165, 1.54) is 5.56 Å². The standard InChI is InChI=1S/C19H28N2O3/c1-15-10-20(12-16-8-6-5-7-9-16)17(14-22)13-21(11-15)18(23)24-19(2,3)4/h5-9,14-15,17H,10-13H2,1-4H3. The second-order valence-electron chi connectivity index (χ2n) is 7.61. The first-order chi connectivity index (χ1) is 11.3. The lowest BCUT2D eigenvalue weighted by atomic mass is 10.1. The molecule has 1 amide bonds. The van der Waals surface area contributed by atoms with Gasteiger partial charge in [-0.1, -0.05) is 37.3 Å². The molecule has 5 heteroatoms. The zero-order valence-corrected chi connectivity index (χ0v) is 15.1. The molecule has 0 radical (unpaired) electrons. The molecule has 2 atom stereocenters. The Morgan fingerprint density at radius 3 is 2.46 bits per heavy atom. The van der Waals surface area contributed by atoms with Gasteiger partial charge in [0, 0.05) is 26.2 Å². The molecule has 0 spiro atoms. The number of hydrogen-bond acceptors (Lipinski definition) is 4. The Morgan fingerprint density at radius 2 is 1.88 bits per heavy atom. The molecule has 0 bridgehead atoms. The fraction of sp³-hybridized carbons (Fsp3) is 0.579. The van der Waals surface area contributed by atoms with E-state index in [2.05, 4.69) is 24.0 Å². The van der Waals surface area contributed by atoms with Crippen molar-refractivity contribution >= 4 is 12.4 Å². The Morgan fingerprint density at radius 1 is 1.21 bits per heavy atom. The zero-order valence-electron chi connectivity index (χ0n) is 15.1. The highest BCUT2D eigenvalue weighted by molar-refractivity contribution is 5.69. The van der Waals surface area contributed by atoms with E-state index in [9.17, 15) is 9.59 Å². The average molecular weight is 332 g/mol. The van der Waals surface area contributed by atoms with Crippen LogP contribution < -0.4 is 0 Å². The third kappa shape index (κ3) is 5.34. The Bertz CT molecular complexity index is 553. The van der Waals surface area contributed by atoms with Gasteiger partial charge in [-0.25, -0.2) is 4.79 Å². The van der Waals surface area contributed by atoms with E-state index < -0.39 is 5.60 Å². The maximum absolute atomic E-state index is 12.4. The molecule has 5 nitrogen and oxygen atoms in total. The quantitative estimate of drug-likeness (QED) is 0.799. The van der Waals surface area contributed by atoms with Gasteiger partial charge in [0.25, 0.3) is 0 Å². The molecule has 0 aromatic heterocycles. The second-order valence-corrected chi connectivity index (χ2v) is 7.61. The average Bonchev–Trinajstić information content (AvgIpc) is 2.65. The molecule has 0 N–H and O–H groups in total. The van der Waals surface area contributed by atoms with E-state index in [-0.39, 0.29) is 18.1 Å². The molecule has 1 fully saturated rings. The summed E-state index contributed by atoms with van der Waals surface area (Å²) in [6.45, 7) is 10.1. The Hall–Kier alpha value is -1.88. The Kier molecular flexibility index (Phi) is 5.99. The van der Waals surface area contributed by atoms with Crippen LogP contribution in [0, 0.1) is 5.92 Å². The summed E-state index contributed by atoms with van der Waals surface area (Å²) in [6.07, 6.45) is 0.598. The second kappa shape index (κ2) is 7.79. The van der Waals surface area contributed by atoms with Crippen LogP contribution >= 0.6 is 0 Å². The number of aldehydes is 1. The summed E-state index contributed by atoms with van der Waals surface area (Å²) in [5.41, 5.74) is 0.634. The van der Waals surface area contributed by atoms with Crippen LogP contribution in [0.25, 0.3) is 0 Å². The van der Waals surface area contributed by atoms with Crippen molar-refractivity contribution in [3.8, 4) is 0 Å². The van der Waals surface area contributed by atoms with E-state index in [1.807, 2.05) is 39.0 Å². The van der Waals surface area contributed by atoms with Gasteiger partial charge >= 0.3 is 6.09 Å². The summed E-state index contributed by atoms with van der Waals surface area (Å²) in [4.78, 5) is 27.9. The van der Waals surface area contributed by atoms with Crippen LogP contribution in [0.5, 0.6) is 0 Å². The predicted molar refractivity (Wildman–Crippen MR) is 93.7 cm³/mol. The molecular formula is C19H28N2O3. The predicted octanol–water partition coefficient (Wildman–Crippen LogP) is 2.94. The van der Waals surface area contributed by atoms with Crippen molar-refractivity contribution in [3.63, 3.8) is 0 Å². The maximum atomic E-state index is 12.4. The van der Waals surface area contributed by atoms with Crippen LogP contribution in [0.1, 0.15) is 33.3 Å². The van der Waals surface area contributed by atoms with Crippen LogP contribution in [0.4, 0.5) is 4.79 Å². The van der Waals surface area contributed by atoms with Gasteiger partial charge in [0.15, 0.2) is 0 Å². The van der Waals surface area contributed by atoms with Crippen molar-refractivity contribution < 1.29 is 14.3 Å². The first-order valence-corrected chi connectivity index (χ1v) is 8.49. The number of hydrogen-bond donors (Lipinski definition) is 0. The fourth-order valence-corrected chi connectivity index (χ4v) is 2.99. The van der Waals surface area contributed by atoms with Crippen LogP contribution in [0.3, 0.4) is 0 Å². The van der Waals surface area contributed by atoms with Crippen molar-refractivity contribution in [2.24, 2.45) is 5.92 Å². The molecule has 1 aliphatic heterocycles. The molecular weight excluding hydrogens is 304 g/mol. The third-order valence-corrected chi connectivity index (χ3v) is 3.99. The van der Waals surface area contributed by atoms with Gasteiger partial charge in [-0.3, -0.25) is 4.90 Å².